The first-order valence-electron chi connectivity index (χ1n) is 8.99. The summed E-state index contributed by atoms with van der Waals surface area (Å²) in [6.45, 7) is 6.82. The van der Waals surface area contributed by atoms with E-state index in [2.05, 4.69) is 17.1 Å². The molecular formula is C17H29N3O2. The summed E-state index contributed by atoms with van der Waals surface area (Å²) < 4.78 is 0. The number of likely N-dealkylation sites (N-methyl/N-ethyl adjacent to an activating group) is 1. The third-order valence-corrected chi connectivity index (χ3v) is 5.33. The van der Waals surface area contributed by atoms with Gasteiger partial charge in [-0.05, 0) is 51.6 Å². The molecule has 3 fully saturated rings. The summed E-state index contributed by atoms with van der Waals surface area (Å²) in [4.78, 5) is 29.1. The predicted octanol–water partition coefficient (Wildman–Crippen LogP) is 1.24. The third-order valence-electron chi connectivity index (χ3n) is 5.33. The van der Waals surface area contributed by atoms with Gasteiger partial charge >= 0.3 is 0 Å². The summed E-state index contributed by atoms with van der Waals surface area (Å²) in [6, 6.07) is 0.288. The number of amides is 2. The molecule has 0 spiro atoms. The van der Waals surface area contributed by atoms with Gasteiger partial charge < -0.3 is 15.1 Å². The van der Waals surface area contributed by atoms with Crippen molar-refractivity contribution in [2.24, 2.45) is 11.8 Å². The van der Waals surface area contributed by atoms with E-state index < -0.39 is 0 Å². The molecule has 0 bridgehead atoms. The number of nitrogens with zero attached hydrogens (tertiary/aromatic N) is 2. The van der Waals surface area contributed by atoms with E-state index in [-0.39, 0.29) is 29.7 Å². The van der Waals surface area contributed by atoms with Crippen LogP contribution in [0.5, 0.6) is 0 Å². The molecule has 0 radical (unpaired) electrons. The highest BCUT2D eigenvalue weighted by Gasteiger charge is 2.37. The minimum atomic E-state index is -0.00606. The average Bonchev–Trinajstić information content (AvgIpc) is 3.39. The van der Waals surface area contributed by atoms with Crippen molar-refractivity contribution < 1.29 is 9.59 Å². The quantitative estimate of drug-likeness (QED) is 0.850. The highest BCUT2D eigenvalue weighted by molar-refractivity contribution is 5.83. The van der Waals surface area contributed by atoms with Gasteiger partial charge in [-0.3, -0.25) is 9.59 Å². The molecule has 2 heterocycles. The van der Waals surface area contributed by atoms with Crippen LogP contribution < -0.4 is 5.32 Å². The molecule has 1 N–H and O–H groups in total. The molecule has 5 nitrogen and oxygen atoms in total. The van der Waals surface area contributed by atoms with Crippen LogP contribution in [0, 0.1) is 11.8 Å². The number of piperidine rings is 2. The molecule has 124 valence electrons. The van der Waals surface area contributed by atoms with Crippen molar-refractivity contribution >= 4 is 11.8 Å². The third kappa shape index (κ3) is 3.80. The molecule has 1 aliphatic carbocycles. The van der Waals surface area contributed by atoms with E-state index >= 15 is 0 Å². The van der Waals surface area contributed by atoms with Crippen molar-refractivity contribution in [3.05, 3.63) is 0 Å². The highest BCUT2D eigenvalue weighted by atomic mass is 16.2. The maximum absolute atomic E-state index is 12.5. The van der Waals surface area contributed by atoms with Crippen LogP contribution in [0.3, 0.4) is 0 Å². The van der Waals surface area contributed by atoms with Crippen molar-refractivity contribution in [3.8, 4) is 0 Å². The topological polar surface area (TPSA) is 52.7 Å². The summed E-state index contributed by atoms with van der Waals surface area (Å²) in [5.41, 5.74) is 0. The van der Waals surface area contributed by atoms with Gasteiger partial charge in [0.1, 0.15) is 0 Å². The van der Waals surface area contributed by atoms with Gasteiger partial charge in [0.15, 0.2) is 0 Å². The first kappa shape index (κ1) is 15.8. The molecular weight excluding hydrogens is 278 g/mol. The molecule has 5 heteroatoms. The van der Waals surface area contributed by atoms with Gasteiger partial charge in [0, 0.05) is 31.6 Å². The van der Waals surface area contributed by atoms with Gasteiger partial charge in [0.25, 0.3) is 0 Å². The fourth-order valence-electron chi connectivity index (χ4n) is 3.76. The van der Waals surface area contributed by atoms with E-state index in [0.29, 0.717) is 6.54 Å². The second kappa shape index (κ2) is 6.99. The Morgan fingerprint density at radius 1 is 1.00 bits per heavy atom. The van der Waals surface area contributed by atoms with Gasteiger partial charge in [-0.15, -0.1) is 0 Å². The first-order chi connectivity index (χ1) is 10.7. The smallest absolute Gasteiger partial charge is 0.225 e. The Morgan fingerprint density at radius 2 is 1.77 bits per heavy atom. The van der Waals surface area contributed by atoms with Gasteiger partial charge in [-0.25, -0.2) is 0 Å². The lowest BCUT2D eigenvalue weighted by molar-refractivity contribution is -0.137. The zero-order chi connectivity index (χ0) is 15.5. The van der Waals surface area contributed by atoms with E-state index in [1.54, 1.807) is 0 Å². The molecule has 3 aliphatic rings. The second-order valence-corrected chi connectivity index (χ2v) is 7.14. The Kier molecular flexibility index (Phi) is 5.01. The monoisotopic (exact) mass is 307 g/mol. The number of hydrogen-bond donors (Lipinski definition) is 1. The lowest BCUT2D eigenvalue weighted by atomic mass is 9.95. The molecule has 0 aromatic carbocycles. The van der Waals surface area contributed by atoms with E-state index in [9.17, 15) is 9.59 Å². The van der Waals surface area contributed by atoms with Gasteiger partial charge in [-0.1, -0.05) is 6.92 Å². The van der Waals surface area contributed by atoms with E-state index in [1.807, 2.05) is 4.90 Å². The van der Waals surface area contributed by atoms with Gasteiger partial charge in [0.2, 0.25) is 11.8 Å². The van der Waals surface area contributed by atoms with Crippen molar-refractivity contribution in [2.45, 2.75) is 51.5 Å². The molecule has 3 rings (SSSR count). The SMILES string of the molecule is CCN1CCC[C@H](NC(=O)[C@H]2CCCN(C(=O)C3CC3)C2)C1. The number of nitrogens with one attached hydrogen (secondary N) is 1. The number of likely N-dealkylation sites (tertiary alicyclic amines) is 2. The van der Waals surface area contributed by atoms with Crippen LogP contribution in [-0.4, -0.2) is 60.4 Å². The Morgan fingerprint density at radius 3 is 2.50 bits per heavy atom. The molecule has 0 aromatic heterocycles. The fraction of sp³-hybridized carbons (Fsp3) is 0.882. The zero-order valence-electron chi connectivity index (χ0n) is 13.7. The van der Waals surface area contributed by atoms with Crippen molar-refractivity contribution in [2.75, 3.05) is 32.7 Å². The summed E-state index contributed by atoms with van der Waals surface area (Å²) in [6.07, 6.45) is 6.21. The summed E-state index contributed by atoms with van der Waals surface area (Å²) in [5, 5.41) is 3.24. The van der Waals surface area contributed by atoms with E-state index in [1.165, 1.54) is 0 Å². The molecule has 0 aromatic rings. The molecule has 22 heavy (non-hydrogen) atoms. The summed E-state index contributed by atoms with van der Waals surface area (Å²) in [7, 11) is 0. The van der Waals surface area contributed by atoms with E-state index in [4.69, 9.17) is 0 Å². The number of hydrogen-bond acceptors (Lipinski definition) is 3. The molecule has 1 saturated carbocycles. The zero-order valence-corrected chi connectivity index (χ0v) is 13.7. The predicted molar refractivity (Wildman–Crippen MR) is 85.3 cm³/mol. The Hall–Kier alpha value is -1.10. The standard InChI is InChI=1S/C17H29N3O2/c1-2-19-9-4-6-15(12-19)18-16(21)14-5-3-10-20(11-14)17(22)13-7-8-13/h13-15H,2-12H2,1H3,(H,18,21)/t14-,15-/m0/s1. The van der Waals surface area contributed by atoms with Crippen LogP contribution in [0.25, 0.3) is 0 Å². The Labute approximate surface area is 133 Å². The van der Waals surface area contributed by atoms with Crippen LogP contribution in [0.15, 0.2) is 0 Å². The van der Waals surface area contributed by atoms with Gasteiger partial charge in [-0.2, -0.15) is 0 Å². The first-order valence-corrected chi connectivity index (χ1v) is 8.99. The largest absolute Gasteiger partial charge is 0.352 e. The second-order valence-electron chi connectivity index (χ2n) is 7.14. The average molecular weight is 307 g/mol. The van der Waals surface area contributed by atoms with Crippen molar-refractivity contribution in [3.63, 3.8) is 0 Å². The van der Waals surface area contributed by atoms with Crippen LogP contribution in [-0.2, 0) is 9.59 Å². The molecule has 2 amide bonds. The van der Waals surface area contributed by atoms with E-state index in [0.717, 1.165) is 64.7 Å². The molecule has 2 aliphatic heterocycles. The Balaban J connectivity index is 1.49. The lowest BCUT2D eigenvalue weighted by Crippen LogP contribution is -2.52. The summed E-state index contributed by atoms with van der Waals surface area (Å²) in [5.74, 6) is 0.704. The van der Waals surface area contributed by atoms with Crippen molar-refractivity contribution in [1.29, 1.82) is 0 Å². The van der Waals surface area contributed by atoms with Crippen LogP contribution >= 0.6 is 0 Å². The molecule has 0 unspecified atom stereocenters. The maximum Gasteiger partial charge on any atom is 0.225 e. The van der Waals surface area contributed by atoms with Crippen molar-refractivity contribution in [1.82, 2.24) is 15.1 Å². The fourth-order valence-corrected chi connectivity index (χ4v) is 3.76. The van der Waals surface area contributed by atoms with Crippen LogP contribution in [0.1, 0.15) is 45.4 Å². The number of rotatable bonds is 4. The number of carbonyl (C=O) groups excluding carboxylic acids is 2. The molecule has 2 saturated heterocycles. The molecule has 2 atom stereocenters. The minimum Gasteiger partial charge on any atom is -0.352 e. The lowest BCUT2D eigenvalue weighted by Gasteiger charge is -2.35. The van der Waals surface area contributed by atoms with Gasteiger partial charge in [0.05, 0.1) is 5.92 Å². The summed E-state index contributed by atoms with van der Waals surface area (Å²) >= 11 is 0. The van der Waals surface area contributed by atoms with Crippen LogP contribution in [0.2, 0.25) is 0 Å². The minimum absolute atomic E-state index is 0.00606. The van der Waals surface area contributed by atoms with Crippen LogP contribution in [0.4, 0.5) is 0 Å². The maximum atomic E-state index is 12.5. The normalized spacial score (nSPS) is 30.1. The Bertz CT molecular complexity index is 422. The number of carbonyl (C=O) groups is 2. The highest BCUT2D eigenvalue weighted by Crippen LogP contribution is 2.32.